The predicted molar refractivity (Wildman–Crippen MR) is 78.7 cm³/mol. The van der Waals surface area contributed by atoms with E-state index in [-0.39, 0.29) is 23.0 Å². The SMILES string of the molecule is O=C(CSc1ncccc1C(=O)O)Nc1ccc(O)cc1. The van der Waals surface area contributed by atoms with Crippen LogP contribution >= 0.6 is 11.8 Å². The summed E-state index contributed by atoms with van der Waals surface area (Å²) in [5.74, 6) is -1.21. The molecule has 0 spiro atoms. The molecule has 1 amide bonds. The number of benzene rings is 1. The van der Waals surface area contributed by atoms with Crippen molar-refractivity contribution in [1.29, 1.82) is 0 Å². The van der Waals surface area contributed by atoms with Gasteiger partial charge < -0.3 is 15.5 Å². The van der Waals surface area contributed by atoms with Gasteiger partial charge in [0.2, 0.25) is 5.91 Å². The Labute approximate surface area is 124 Å². The van der Waals surface area contributed by atoms with E-state index in [0.29, 0.717) is 10.7 Å². The number of nitrogens with one attached hydrogen (secondary N) is 1. The molecule has 0 aliphatic heterocycles. The maximum absolute atomic E-state index is 11.8. The van der Waals surface area contributed by atoms with Crippen LogP contribution in [0.15, 0.2) is 47.6 Å². The first kappa shape index (κ1) is 14.9. The molecule has 7 heteroatoms. The Hall–Kier alpha value is -2.54. The van der Waals surface area contributed by atoms with Gasteiger partial charge in [0.05, 0.1) is 11.3 Å². The summed E-state index contributed by atoms with van der Waals surface area (Å²) in [5, 5.41) is 21.1. The minimum atomic E-state index is -1.08. The number of carboxylic acid groups (broad SMARTS) is 1. The fourth-order valence-corrected chi connectivity index (χ4v) is 2.33. The first-order valence-corrected chi connectivity index (χ1v) is 6.95. The molecule has 3 N–H and O–H groups in total. The molecule has 0 fully saturated rings. The topological polar surface area (TPSA) is 99.5 Å². The van der Waals surface area contributed by atoms with E-state index in [1.807, 2.05) is 0 Å². The second kappa shape index (κ2) is 6.76. The van der Waals surface area contributed by atoms with Crippen molar-refractivity contribution in [2.45, 2.75) is 5.03 Å². The highest BCUT2D eigenvalue weighted by Crippen LogP contribution is 2.20. The molecule has 0 saturated heterocycles. The zero-order valence-corrected chi connectivity index (χ0v) is 11.6. The molecule has 0 radical (unpaired) electrons. The summed E-state index contributed by atoms with van der Waals surface area (Å²) < 4.78 is 0. The molecule has 0 saturated carbocycles. The highest BCUT2D eigenvalue weighted by Gasteiger charge is 2.12. The first-order valence-electron chi connectivity index (χ1n) is 5.96. The van der Waals surface area contributed by atoms with Gasteiger partial charge in [-0.25, -0.2) is 9.78 Å². The van der Waals surface area contributed by atoms with Gasteiger partial charge in [0.15, 0.2) is 0 Å². The number of nitrogens with zero attached hydrogens (tertiary/aromatic N) is 1. The maximum Gasteiger partial charge on any atom is 0.338 e. The zero-order valence-electron chi connectivity index (χ0n) is 10.8. The second-order valence-corrected chi connectivity index (χ2v) is 5.01. The zero-order chi connectivity index (χ0) is 15.2. The van der Waals surface area contributed by atoms with Gasteiger partial charge in [-0.3, -0.25) is 4.79 Å². The fraction of sp³-hybridized carbons (Fsp3) is 0.0714. The molecule has 2 rings (SSSR count). The molecular formula is C14H12N2O4S. The van der Waals surface area contributed by atoms with Crippen LogP contribution in [0.3, 0.4) is 0 Å². The van der Waals surface area contributed by atoms with Crippen LogP contribution in [0.25, 0.3) is 0 Å². The van der Waals surface area contributed by atoms with E-state index in [0.717, 1.165) is 11.8 Å². The van der Waals surface area contributed by atoms with Crippen molar-refractivity contribution >= 4 is 29.3 Å². The van der Waals surface area contributed by atoms with Crippen LogP contribution in [0.2, 0.25) is 0 Å². The largest absolute Gasteiger partial charge is 0.508 e. The number of carbonyl (C=O) groups excluding carboxylic acids is 1. The number of thioether (sulfide) groups is 1. The Balaban J connectivity index is 1.95. The molecule has 1 aromatic carbocycles. The minimum Gasteiger partial charge on any atom is -0.508 e. The van der Waals surface area contributed by atoms with E-state index in [4.69, 9.17) is 10.2 Å². The van der Waals surface area contributed by atoms with Crippen molar-refractivity contribution in [3.8, 4) is 5.75 Å². The van der Waals surface area contributed by atoms with Crippen molar-refractivity contribution in [2.24, 2.45) is 0 Å². The van der Waals surface area contributed by atoms with Gasteiger partial charge >= 0.3 is 5.97 Å². The molecule has 0 aliphatic carbocycles. The van der Waals surface area contributed by atoms with Crippen LogP contribution < -0.4 is 5.32 Å². The van der Waals surface area contributed by atoms with E-state index in [9.17, 15) is 9.59 Å². The van der Waals surface area contributed by atoms with Gasteiger partial charge in [-0.2, -0.15) is 0 Å². The molecule has 6 nitrogen and oxygen atoms in total. The molecule has 1 heterocycles. The van der Waals surface area contributed by atoms with E-state index in [1.165, 1.54) is 30.5 Å². The average molecular weight is 304 g/mol. The van der Waals surface area contributed by atoms with E-state index < -0.39 is 5.97 Å². The van der Waals surface area contributed by atoms with Crippen LogP contribution in [0, 0.1) is 0 Å². The summed E-state index contributed by atoms with van der Waals surface area (Å²) in [6, 6.07) is 9.04. The number of phenolic OH excluding ortho intramolecular Hbond substituents is 1. The first-order chi connectivity index (χ1) is 10.1. The molecular weight excluding hydrogens is 292 g/mol. The number of amides is 1. The van der Waals surface area contributed by atoms with Crippen molar-refractivity contribution < 1.29 is 19.8 Å². The average Bonchev–Trinajstić information content (AvgIpc) is 2.48. The third-order valence-electron chi connectivity index (χ3n) is 2.49. The summed E-state index contributed by atoms with van der Waals surface area (Å²) >= 11 is 1.05. The van der Waals surface area contributed by atoms with Crippen molar-refractivity contribution in [2.75, 3.05) is 11.1 Å². The Morgan fingerprint density at radius 2 is 1.90 bits per heavy atom. The van der Waals surface area contributed by atoms with Gasteiger partial charge in [0, 0.05) is 11.9 Å². The number of aromatic hydroxyl groups is 1. The molecule has 1 aromatic heterocycles. The summed E-state index contributed by atoms with van der Waals surface area (Å²) in [6.07, 6.45) is 1.48. The molecule has 0 aliphatic rings. The number of carboxylic acids is 1. The van der Waals surface area contributed by atoms with E-state index >= 15 is 0 Å². The number of pyridine rings is 1. The smallest absolute Gasteiger partial charge is 0.338 e. The highest BCUT2D eigenvalue weighted by atomic mass is 32.2. The van der Waals surface area contributed by atoms with Gasteiger partial charge in [-0.15, -0.1) is 0 Å². The van der Waals surface area contributed by atoms with Gasteiger partial charge in [-0.05, 0) is 36.4 Å². The number of aromatic carboxylic acids is 1. The lowest BCUT2D eigenvalue weighted by Crippen LogP contribution is -2.14. The Morgan fingerprint density at radius 1 is 1.19 bits per heavy atom. The lowest BCUT2D eigenvalue weighted by molar-refractivity contribution is -0.113. The quantitative estimate of drug-likeness (QED) is 0.578. The van der Waals surface area contributed by atoms with E-state index in [2.05, 4.69) is 10.3 Å². The normalized spacial score (nSPS) is 10.1. The number of aromatic nitrogens is 1. The van der Waals surface area contributed by atoms with Crippen molar-refractivity contribution in [1.82, 2.24) is 4.98 Å². The maximum atomic E-state index is 11.8. The van der Waals surface area contributed by atoms with Crippen LogP contribution in [0.5, 0.6) is 5.75 Å². The van der Waals surface area contributed by atoms with Gasteiger partial charge in [0.1, 0.15) is 10.8 Å². The minimum absolute atomic E-state index is 0.0399. The monoisotopic (exact) mass is 304 g/mol. The highest BCUT2D eigenvalue weighted by molar-refractivity contribution is 8.00. The number of carbonyl (C=O) groups is 2. The molecule has 2 aromatic rings. The molecule has 0 unspecified atom stereocenters. The third kappa shape index (κ3) is 4.22. The molecule has 0 bridgehead atoms. The van der Waals surface area contributed by atoms with E-state index in [1.54, 1.807) is 12.1 Å². The predicted octanol–water partition coefficient (Wildman–Crippen LogP) is 2.22. The fourth-order valence-electron chi connectivity index (χ4n) is 1.54. The summed E-state index contributed by atoms with van der Waals surface area (Å²) in [7, 11) is 0. The number of anilines is 1. The summed E-state index contributed by atoms with van der Waals surface area (Å²) in [4.78, 5) is 26.8. The Morgan fingerprint density at radius 3 is 2.57 bits per heavy atom. The Bertz CT molecular complexity index is 658. The third-order valence-corrected chi connectivity index (χ3v) is 3.50. The van der Waals surface area contributed by atoms with Crippen LogP contribution in [0.1, 0.15) is 10.4 Å². The van der Waals surface area contributed by atoms with Gasteiger partial charge in [0.25, 0.3) is 0 Å². The number of hydrogen-bond donors (Lipinski definition) is 3. The van der Waals surface area contributed by atoms with Crippen molar-refractivity contribution in [3.63, 3.8) is 0 Å². The lowest BCUT2D eigenvalue weighted by atomic mass is 10.3. The second-order valence-electron chi connectivity index (χ2n) is 4.04. The van der Waals surface area contributed by atoms with Crippen LogP contribution in [-0.2, 0) is 4.79 Å². The van der Waals surface area contributed by atoms with Gasteiger partial charge in [-0.1, -0.05) is 11.8 Å². The number of hydrogen-bond acceptors (Lipinski definition) is 5. The molecule has 21 heavy (non-hydrogen) atoms. The lowest BCUT2D eigenvalue weighted by Gasteiger charge is -2.06. The molecule has 108 valence electrons. The summed E-state index contributed by atoms with van der Waals surface area (Å²) in [6.45, 7) is 0. The standard InChI is InChI=1S/C14H12N2O4S/c17-10-5-3-9(4-6-10)16-12(18)8-21-13-11(14(19)20)2-1-7-15-13/h1-7,17H,8H2,(H,16,18)(H,19,20). The summed E-state index contributed by atoms with van der Waals surface area (Å²) in [5.41, 5.74) is 0.623. The molecule has 0 atom stereocenters. The number of rotatable bonds is 5. The van der Waals surface area contributed by atoms with Crippen molar-refractivity contribution in [3.05, 3.63) is 48.2 Å². The number of phenols is 1. The van der Waals surface area contributed by atoms with Crippen LogP contribution in [0.4, 0.5) is 5.69 Å². The Kier molecular flexibility index (Phi) is 4.78. The van der Waals surface area contributed by atoms with Crippen LogP contribution in [-0.4, -0.2) is 32.8 Å².